The van der Waals surface area contributed by atoms with E-state index in [4.69, 9.17) is 8.85 Å². The summed E-state index contributed by atoms with van der Waals surface area (Å²) in [4.78, 5) is 0. The zero-order valence-electron chi connectivity index (χ0n) is 17.2. The lowest BCUT2D eigenvalue weighted by Crippen LogP contribution is -2.15. The van der Waals surface area contributed by atoms with E-state index < -0.39 is 0 Å². The van der Waals surface area contributed by atoms with Gasteiger partial charge >= 0.3 is 0 Å². The van der Waals surface area contributed by atoms with Crippen molar-refractivity contribution >= 4 is 19.5 Å². The van der Waals surface area contributed by atoms with Crippen LogP contribution in [0.3, 0.4) is 0 Å². The zero-order chi connectivity index (χ0) is 21.1. The molecule has 4 rings (SSSR count). The highest BCUT2D eigenvalue weighted by Crippen LogP contribution is 2.27. The van der Waals surface area contributed by atoms with Gasteiger partial charge in [0.1, 0.15) is 0 Å². The molecule has 4 aromatic carbocycles. The molecule has 0 aliphatic heterocycles. The van der Waals surface area contributed by atoms with Crippen LogP contribution >= 0.6 is 0 Å². The van der Waals surface area contributed by atoms with Gasteiger partial charge in [0.2, 0.25) is 19.5 Å². The minimum atomic E-state index is -0.0513. The third-order valence-corrected chi connectivity index (χ3v) is 6.92. The molecule has 0 saturated heterocycles. The van der Waals surface area contributed by atoms with Crippen molar-refractivity contribution < 1.29 is 8.85 Å². The molecule has 152 valence electrons. The molecule has 4 aromatic rings. The average Bonchev–Trinajstić information content (AvgIpc) is 2.86. The standard InChI is InChI=1S/C27H24O2Si2/c1-5-13-22(14-6-1)26(23-15-7-2-8-16-23)28-30-21-31-29-27(24-17-9-3-10-18-24)25-19-11-4-12-20-25/h1-20,26-27H,21H2. The van der Waals surface area contributed by atoms with Crippen LogP contribution in [0.1, 0.15) is 34.5 Å². The van der Waals surface area contributed by atoms with Gasteiger partial charge in [0.05, 0.1) is 12.2 Å². The maximum absolute atomic E-state index is 6.36. The Kier molecular flexibility index (Phi) is 8.02. The van der Waals surface area contributed by atoms with Crippen LogP contribution in [0.25, 0.3) is 0 Å². The highest BCUT2D eigenvalue weighted by Gasteiger charge is 2.17. The fourth-order valence-electron chi connectivity index (χ4n) is 3.45. The molecule has 0 unspecified atom stereocenters. The van der Waals surface area contributed by atoms with Gasteiger partial charge in [-0.1, -0.05) is 121 Å². The van der Waals surface area contributed by atoms with E-state index in [2.05, 4.69) is 97.1 Å². The van der Waals surface area contributed by atoms with Gasteiger partial charge in [-0.2, -0.15) is 0 Å². The topological polar surface area (TPSA) is 18.5 Å². The summed E-state index contributed by atoms with van der Waals surface area (Å²) in [5.41, 5.74) is 5.59. The number of hydrogen-bond acceptors (Lipinski definition) is 2. The molecule has 4 radical (unpaired) electrons. The molecule has 0 saturated carbocycles. The van der Waals surface area contributed by atoms with Crippen molar-refractivity contribution in [2.24, 2.45) is 0 Å². The van der Waals surface area contributed by atoms with Gasteiger partial charge in [0.25, 0.3) is 0 Å². The highest BCUT2D eigenvalue weighted by molar-refractivity contribution is 6.48. The molecule has 0 aromatic heterocycles. The van der Waals surface area contributed by atoms with Crippen LogP contribution in [-0.2, 0) is 8.85 Å². The Morgan fingerprint density at radius 2 is 0.677 bits per heavy atom. The van der Waals surface area contributed by atoms with Crippen LogP contribution in [-0.4, -0.2) is 19.5 Å². The maximum atomic E-state index is 6.36. The molecule has 31 heavy (non-hydrogen) atoms. The van der Waals surface area contributed by atoms with Crippen LogP contribution in [0.2, 0.25) is 5.67 Å². The predicted octanol–water partition coefficient (Wildman–Crippen LogP) is 6.21. The van der Waals surface area contributed by atoms with Gasteiger partial charge in [-0.25, -0.2) is 0 Å². The van der Waals surface area contributed by atoms with E-state index in [0.29, 0.717) is 19.5 Å². The Morgan fingerprint density at radius 1 is 0.419 bits per heavy atom. The van der Waals surface area contributed by atoms with E-state index in [1.54, 1.807) is 0 Å². The maximum Gasteiger partial charge on any atom is 0.230 e. The first kappa shape index (κ1) is 21.5. The Morgan fingerprint density at radius 3 is 0.935 bits per heavy atom. The third kappa shape index (κ3) is 6.12. The first-order chi connectivity index (χ1) is 15.4. The molecule has 0 heterocycles. The van der Waals surface area contributed by atoms with Gasteiger partial charge in [0.15, 0.2) is 0 Å². The molecular formula is C27H24O2Si2. The van der Waals surface area contributed by atoms with Crippen LogP contribution in [0, 0.1) is 0 Å². The molecule has 2 nitrogen and oxygen atoms in total. The van der Waals surface area contributed by atoms with E-state index in [-0.39, 0.29) is 12.2 Å². The van der Waals surface area contributed by atoms with Gasteiger partial charge in [0, 0.05) is 0 Å². The molecule has 0 bridgehead atoms. The van der Waals surface area contributed by atoms with Crippen molar-refractivity contribution in [3.05, 3.63) is 144 Å². The molecule has 0 aliphatic rings. The molecule has 4 heteroatoms. The van der Waals surface area contributed by atoms with E-state index >= 15 is 0 Å². The minimum absolute atomic E-state index is 0.0513. The summed E-state index contributed by atoms with van der Waals surface area (Å²) < 4.78 is 12.7. The normalized spacial score (nSPS) is 11.2. The average molecular weight is 437 g/mol. The lowest BCUT2D eigenvalue weighted by Gasteiger charge is -2.20. The second-order valence-electron chi connectivity index (χ2n) is 7.10. The van der Waals surface area contributed by atoms with Crippen molar-refractivity contribution in [1.29, 1.82) is 0 Å². The second kappa shape index (κ2) is 11.6. The van der Waals surface area contributed by atoms with Gasteiger partial charge in [-0.15, -0.1) is 0 Å². The van der Waals surface area contributed by atoms with Crippen LogP contribution in [0.15, 0.2) is 121 Å². The summed E-state index contributed by atoms with van der Waals surface area (Å²) >= 11 is 0. The second-order valence-corrected chi connectivity index (χ2v) is 9.57. The van der Waals surface area contributed by atoms with Gasteiger partial charge < -0.3 is 8.85 Å². The van der Waals surface area contributed by atoms with E-state index in [9.17, 15) is 0 Å². The third-order valence-electron chi connectivity index (χ3n) is 4.96. The zero-order valence-corrected chi connectivity index (χ0v) is 19.2. The summed E-state index contributed by atoms with van der Waals surface area (Å²) in [5, 5.41) is 0. The first-order valence-electron chi connectivity index (χ1n) is 10.4. The first-order valence-corrected chi connectivity index (χ1v) is 12.6. The van der Waals surface area contributed by atoms with Gasteiger partial charge in [-0.05, 0) is 27.9 Å². The Hall–Kier alpha value is -2.77. The van der Waals surface area contributed by atoms with Crippen molar-refractivity contribution in [1.82, 2.24) is 0 Å². The van der Waals surface area contributed by atoms with E-state index in [1.165, 1.54) is 22.3 Å². The molecular weight excluding hydrogens is 412 g/mol. The van der Waals surface area contributed by atoms with Crippen molar-refractivity contribution in [2.45, 2.75) is 17.9 Å². The molecule has 0 spiro atoms. The number of hydrogen-bond donors (Lipinski definition) is 0. The SMILES string of the molecule is c1ccc(C(O[Si]C[Si]OC(c2ccccc2)c2ccccc2)c2ccccc2)cc1. The molecule has 0 N–H and O–H groups in total. The van der Waals surface area contributed by atoms with Crippen LogP contribution < -0.4 is 0 Å². The summed E-state index contributed by atoms with van der Waals surface area (Å²) in [7, 11) is 0.732. The highest BCUT2D eigenvalue weighted by atomic mass is 28.3. The summed E-state index contributed by atoms with van der Waals surface area (Å²) in [5.74, 6) is 0. The summed E-state index contributed by atoms with van der Waals surface area (Å²) in [6.07, 6.45) is -0.103. The Labute approximate surface area is 189 Å². The van der Waals surface area contributed by atoms with Gasteiger partial charge in [-0.3, -0.25) is 0 Å². The number of benzene rings is 4. The van der Waals surface area contributed by atoms with Crippen LogP contribution in [0.5, 0.6) is 0 Å². The Bertz CT molecular complexity index is 848. The molecule has 0 amide bonds. The lowest BCUT2D eigenvalue weighted by molar-refractivity contribution is 0.253. The fraction of sp³-hybridized carbons (Fsp3) is 0.111. The van der Waals surface area contributed by atoms with Crippen molar-refractivity contribution in [3.8, 4) is 0 Å². The van der Waals surface area contributed by atoms with Crippen molar-refractivity contribution in [3.63, 3.8) is 0 Å². The molecule has 0 aliphatic carbocycles. The lowest BCUT2D eigenvalue weighted by atomic mass is 10.0. The molecule has 0 fully saturated rings. The van der Waals surface area contributed by atoms with E-state index in [0.717, 1.165) is 5.67 Å². The smallest absolute Gasteiger partial charge is 0.230 e. The summed E-state index contributed by atoms with van der Waals surface area (Å²) in [6.45, 7) is 0. The quantitative estimate of drug-likeness (QED) is 0.217. The molecule has 0 atom stereocenters. The minimum Gasteiger partial charge on any atom is -0.407 e. The predicted molar refractivity (Wildman–Crippen MR) is 128 cm³/mol. The van der Waals surface area contributed by atoms with Crippen LogP contribution in [0.4, 0.5) is 0 Å². The largest absolute Gasteiger partial charge is 0.407 e. The monoisotopic (exact) mass is 436 g/mol. The summed E-state index contributed by atoms with van der Waals surface area (Å²) in [6, 6.07) is 41.7. The van der Waals surface area contributed by atoms with E-state index in [1.807, 2.05) is 24.3 Å². The van der Waals surface area contributed by atoms with Crippen molar-refractivity contribution in [2.75, 3.05) is 0 Å². The fourth-order valence-corrected chi connectivity index (χ4v) is 5.23. The number of rotatable bonds is 10. The Balaban J connectivity index is 1.37.